The van der Waals surface area contributed by atoms with Crippen molar-refractivity contribution in [2.24, 2.45) is 0 Å². The fourth-order valence-electron chi connectivity index (χ4n) is 9.58. The molecule has 0 saturated carbocycles. The van der Waals surface area contributed by atoms with E-state index in [4.69, 9.17) is 10.5 Å². The molecule has 0 atom stereocenters. The van der Waals surface area contributed by atoms with Crippen molar-refractivity contribution in [3.8, 4) is 39.4 Å². The number of hydrogen-bond acceptors (Lipinski definition) is 2. The summed E-state index contributed by atoms with van der Waals surface area (Å²) in [6.07, 6.45) is 9.69. The van der Waals surface area contributed by atoms with Gasteiger partial charge in [0.25, 0.3) is 0 Å². The number of rotatable bonds is 10. The zero-order valence-corrected chi connectivity index (χ0v) is 34.1. The maximum Gasteiger partial charge on any atom is 0.127 e. The van der Waals surface area contributed by atoms with Crippen molar-refractivity contribution >= 4 is 44.5 Å². The highest BCUT2D eigenvalue weighted by Crippen LogP contribution is 2.42. The molecule has 2 aromatic heterocycles. The molecular weight excluding hydrogens is 719 g/mol. The van der Waals surface area contributed by atoms with E-state index in [1.807, 2.05) is 0 Å². The summed E-state index contributed by atoms with van der Waals surface area (Å²) < 4.78 is 11.5. The van der Waals surface area contributed by atoms with E-state index < -0.39 is 0 Å². The Morgan fingerprint density at radius 2 is 1.15 bits per heavy atom. The molecule has 1 aliphatic rings. The number of allylic oxidation sites excluding steroid dienone is 1. The molecule has 0 aliphatic heterocycles. The lowest BCUT2D eigenvalue weighted by molar-refractivity contribution is 0.308. The first kappa shape index (κ1) is 36.6. The quantitative estimate of drug-likeness (QED) is 0.111. The van der Waals surface area contributed by atoms with Gasteiger partial charge >= 0.3 is 0 Å². The topological polar surface area (TPSA) is 45.1 Å². The average molecular weight is 768 g/mol. The Morgan fingerprint density at radius 3 is 1.90 bits per heavy atom. The maximum absolute atomic E-state index is 7.16. The standard InChI is InChI=1S/C55H49N3O/c1-36-32-46(38(3)52(34-36)57-48-26-11-6-21-41(48)42-22-7-12-27-49(42)57)40-20-5-4-18-39(40)19-16-17-31-59-54-30-15-10-25-45(54)47-33-37(2)35-53(55(47)56)58-50-28-13-8-23-43(50)44-24-9-14-29-51(44)58/h4-11,13-15,18,20-26,28-30,32-35H,12,16-17,19,27,31,56H2,1-3H3. The highest BCUT2D eigenvalue weighted by Gasteiger charge is 2.22. The molecule has 0 unspecified atom stereocenters. The van der Waals surface area contributed by atoms with Crippen LogP contribution in [-0.4, -0.2) is 15.7 Å². The monoisotopic (exact) mass is 767 g/mol. The van der Waals surface area contributed by atoms with Crippen LogP contribution in [0.25, 0.3) is 72.4 Å². The van der Waals surface area contributed by atoms with Crippen molar-refractivity contribution < 1.29 is 4.74 Å². The Kier molecular flexibility index (Phi) is 9.41. The Labute approximate surface area is 346 Å². The lowest BCUT2D eigenvalue weighted by atomic mass is 9.91. The van der Waals surface area contributed by atoms with Crippen LogP contribution < -0.4 is 10.5 Å². The van der Waals surface area contributed by atoms with Crippen LogP contribution in [0.2, 0.25) is 0 Å². The zero-order chi connectivity index (χ0) is 40.0. The maximum atomic E-state index is 7.16. The van der Waals surface area contributed by atoms with E-state index in [0.29, 0.717) is 6.61 Å². The summed E-state index contributed by atoms with van der Waals surface area (Å²) in [5, 5.41) is 3.77. The number of benzene rings is 7. The van der Waals surface area contributed by atoms with E-state index in [9.17, 15) is 0 Å². The Bertz CT molecular complexity index is 3030. The van der Waals surface area contributed by atoms with Crippen LogP contribution in [0.4, 0.5) is 5.69 Å². The van der Waals surface area contributed by atoms with Crippen molar-refractivity contribution in [3.05, 3.63) is 185 Å². The van der Waals surface area contributed by atoms with Crippen molar-refractivity contribution in [1.82, 2.24) is 9.13 Å². The van der Waals surface area contributed by atoms with Crippen molar-refractivity contribution in [1.29, 1.82) is 0 Å². The van der Waals surface area contributed by atoms with Crippen molar-refractivity contribution in [2.75, 3.05) is 12.3 Å². The molecule has 2 heterocycles. The van der Waals surface area contributed by atoms with Crippen LogP contribution in [0.1, 0.15) is 52.8 Å². The molecule has 9 aromatic rings. The number of nitrogens with two attached hydrogens (primary N) is 1. The SMILES string of the molecule is Cc1cc(-c2ccccc2CCCCOc2ccccc2-c2cc(C)cc(-n3c4ccccc4c4ccccc43)c2N)c(C)c(-n2c3c(c4ccccc42)C=CCC3)c1. The van der Waals surface area contributed by atoms with Crippen LogP contribution >= 0.6 is 0 Å². The summed E-state index contributed by atoms with van der Waals surface area (Å²) in [5.74, 6) is 0.858. The van der Waals surface area contributed by atoms with Gasteiger partial charge in [-0.05, 0) is 129 Å². The number of para-hydroxylation sites is 4. The first-order valence-corrected chi connectivity index (χ1v) is 21.1. The molecule has 0 fully saturated rings. The molecule has 0 saturated heterocycles. The first-order chi connectivity index (χ1) is 29.0. The number of aromatic nitrogens is 2. The fourth-order valence-corrected chi connectivity index (χ4v) is 9.58. The molecule has 10 rings (SSSR count). The van der Waals surface area contributed by atoms with E-state index >= 15 is 0 Å². The van der Waals surface area contributed by atoms with Gasteiger partial charge < -0.3 is 19.6 Å². The number of ether oxygens (including phenoxy) is 1. The number of fused-ring (bicyclic) bond motifs is 6. The van der Waals surface area contributed by atoms with Gasteiger partial charge in [-0.2, -0.15) is 0 Å². The van der Waals surface area contributed by atoms with Gasteiger partial charge in [0.2, 0.25) is 0 Å². The van der Waals surface area contributed by atoms with Gasteiger partial charge in [-0.15, -0.1) is 0 Å². The second-order valence-electron chi connectivity index (χ2n) is 16.2. The van der Waals surface area contributed by atoms with Gasteiger partial charge in [0.15, 0.2) is 0 Å². The molecule has 4 nitrogen and oxygen atoms in total. The van der Waals surface area contributed by atoms with E-state index in [2.05, 4.69) is 188 Å². The Morgan fingerprint density at radius 1 is 0.559 bits per heavy atom. The van der Waals surface area contributed by atoms with E-state index in [0.717, 1.165) is 77.0 Å². The molecule has 2 N–H and O–H groups in total. The third-order valence-corrected chi connectivity index (χ3v) is 12.3. The van der Waals surface area contributed by atoms with E-state index in [1.54, 1.807) is 0 Å². The molecular formula is C55H49N3O. The summed E-state index contributed by atoms with van der Waals surface area (Å²) in [6, 6.07) is 52.5. The number of nitrogen functional groups attached to an aromatic ring is 1. The summed E-state index contributed by atoms with van der Waals surface area (Å²) in [7, 11) is 0. The summed E-state index contributed by atoms with van der Waals surface area (Å²) in [4.78, 5) is 0. The molecule has 290 valence electrons. The number of hydrogen-bond donors (Lipinski definition) is 1. The molecule has 4 heteroatoms. The Balaban J connectivity index is 0.899. The van der Waals surface area contributed by atoms with Crippen LogP contribution in [0, 0.1) is 20.8 Å². The van der Waals surface area contributed by atoms with Crippen LogP contribution in [0.15, 0.2) is 152 Å². The van der Waals surface area contributed by atoms with Gasteiger partial charge in [0.05, 0.1) is 34.5 Å². The van der Waals surface area contributed by atoms with E-state index in [1.165, 1.54) is 66.4 Å². The third-order valence-electron chi connectivity index (χ3n) is 12.3. The highest BCUT2D eigenvalue weighted by molar-refractivity contribution is 6.10. The minimum Gasteiger partial charge on any atom is -0.493 e. The molecule has 0 spiro atoms. The number of anilines is 1. The average Bonchev–Trinajstić information content (AvgIpc) is 3.78. The molecule has 0 radical (unpaired) electrons. The van der Waals surface area contributed by atoms with Gasteiger partial charge in [-0.1, -0.05) is 115 Å². The molecule has 0 bridgehead atoms. The molecule has 59 heavy (non-hydrogen) atoms. The molecule has 1 aliphatic carbocycles. The molecule has 0 amide bonds. The lowest BCUT2D eigenvalue weighted by Crippen LogP contribution is -2.06. The largest absolute Gasteiger partial charge is 0.493 e. The summed E-state index contributed by atoms with van der Waals surface area (Å²) in [6.45, 7) is 7.31. The first-order valence-electron chi connectivity index (χ1n) is 21.1. The number of nitrogens with zero attached hydrogens (tertiary/aromatic N) is 2. The van der Waals surface area contributed by atoms with Gasteiger partial charge in [-0.25, -0.2) is 0 Å². The zero-order valence-electron chi connectivity index (χ0n) is 34.1. The molecule has 7 aromatic carbocycles. The Hall–Kier alpha value is -6.78. The summed E-state index contributed by atoms with van der Waals surface area (Å²) >= 11 is 0. The third kappa shape index (κ3) is 6.40. The number of aryl methyl sites for hydroxylation is 3. The predicted octanol–water partition coefficient (Wildman–Crippen LogP) is 13.9. The normalized spacial score (nSPS) is 12.5. The highest BCUT2D eigenvalue weighted by atomic mass is 16.5. The van der Waals surface area contributed by atoms with Crippen molar-refractivity contribution in [3.63, 3.8) is 0 Å². The van der Waals surface area contributed by atoms with E-state index in [-0.39, 0.29) is 0 Å². The fraction of sp³-hybridized carbons (Fsp3) is 0.164. The van der Waals surface area contributed by atoms with Crippen molar-refractivity contribution in [2.45, 2.75) is 52.9 Å². The van der Waals surface area contributed by atoms with Gasteiger partial charge in [0, 0.05) is 44.2 Å². The minimum absolute atomic E-state index is 0.624. The lowest BCUT2D eigenvalue weighted by Gasteiger charge is -2.20. The minimum atomic E-state index is 0.624. The second-order valence-corrected chi connectivity index (χ2v) is 16.2. The van der Waals surface area contributed by atoms with Crippen LogP contribution in [0.3, 0.4) is 0 Å². The van der Waals surface area contributed by atoms with Crippen LogP contribution in [0.5, 0.6) is 5.75 Å². The van der Waals surface area contributed by atoms with Gasteiger partial charge in [0.1, 0.15) is 5.75 Å². The van der Waals surface area contributed by atoms with Gasteiger partial charge in [-0.3, -0.25) is 0 Å². The summed E-state index contributed by atoms with van der Waals surface area (Å²) in [5.41, 5.74) is 26.3. The number of unbranched alkanes of at least 4 members (excludes halogenated alkanes) is 1. The van der Waals surface area contributed by atoms with Crippen LogP contribution in [-0.2, 0) is 12.8 Å². The smallest absolute Gasteiger partial charge is 0.127 e. The second kappa shape index (κ2) is 15.2. The predicted molar refractivity (Wildman–Crippen MR) is 249 cm³/mol.